The van der Waals surface area contributed by atoms with Gasteiger partial charge in [0.05, 0.1) is 5.56 Å². The molecule has 0 saturated heterocycles. The molecule has 3 unspecified atom stereocenters. The maximum absolute atomic E-state index is 13.8. The van der Waals surface area contributed by atoms with Crippen molar-refractivity contribution in [1.29, 1.82) is 0 Å². The first kappa shape index (κ1) is 14.6. The molecule has 2 aliphatic rings. The molecular weight excluding hydrogens is 277 g/mol. The van der Waals surface area contributed by atoms with E-state index in [2.05, 4.69) is 0 Å². The molecule has 2 saturated carbocycles. The highest BCUT2D eigenvalue weighted by Gasteiger charge is 2.36. The lowest BCUT2D eigenvalue weighted by Gasteiger charge is -2.38. The van der Waals surface area contributed by atoms with Crippen molar-refractivity contribution in [3.63, 3.8) is 0 Å². The zero-order chi connectivity index (χ0) is 15.0. The SMILES string of the molecule is O=C(c1ccc(F)c(F)c1F)C1CCC2CCCCC2C1. The van der Waals surface area contributed by atoms with Gasteiger partial charge in [0.25, 0.3) is 0 Å². The Labute approximate surface area is 122 Å². The molecule has 3 atom stereocenters. The summed E-state index contributed by atoms with van der Waals surface area (Å²) in [4.78, 5) is 12.4. The van der Waals surface area contributed by atoms with E-state index < -0.39 is 17.5 Å². The Hall–Kier alpha value is -1.32. The van der Waals surface area contributed by atoms with Gasteiger partial charge in [0.1, 0.15) is 0 Å². The third-order valence-corrected chi connectivity index (χ3v) is 5.21. The lowest BCUT2D eigenvalue weighted by molar-refractivity contribution is 0.0758. The first-order chi connectivity index (χ1) is 10.1. The number of ketones is 1. The molecule has 0 N–H and O–H groups in total. The molecule has 3 rings (SSSR count). The van der Waals surface area contributed by atoms with E-state index in [-0.39, 0.29) is 17.3 Å². The van der Waals surface area contributed by atoms with Gasteiger partial charge in [0, 0.05) is 5.92 Å². The molecule has 21 heavy (non-hydrogen) atoms. The summed E-state index contributed by atoms with van der Waals surface area (Å²) < 4.78 is 40.0. The van der Waals surface area contributed by atoms with Crippen LogP contribution in [-0.4, -0.2) is 5.78 Å². The van der Waals surface area contributed by atoms with E-state index in [9.17, 15) is 18.0 Å². The van der Waals surface area contributed by atoms with Crippen molar-refractivity contribution in [2.75, 3.05) is 0 Å². The first-order valence-corrected chi connectivity index (χ1v) is 7.75. The van der Waals surface area contributed by atoms with Crippen molar-refractivity contribution in [1.82, 2.24) is 0 Å². The molecule has 1 aromatic rings. The molecule has 1 nitrogen and oxygen atoms in total. The van der Waals surface area contributed by atoms with Crippen molar-refractivity contribution in [2.24, 2.45) is 17.8 Å². The predicted molar refractivity (Wildman–Crippen MR) is 73.4 cm³/mol. The number of carbonyl (C=O) groups excluding carboxylic acids is 1. The van der Waals surface area contributed by atoms with Gasteiger partial charge in [0.2, 0.25) is 0 Å². The van der Waals surface area contributed by atoms with Crippen LogP contribution in [0.1, 0.15) is 55.3 Å². The largest absolute Gasteiger partial charge is 0.294 e. The van der Waals surface area contributed by atoms with Crippen LogP contribution < -0.4 is 0 Å². The summed E-state index contributed by atoms with van der Waals surface area (Å²) in [6.45, 7) is 0. The summed E-state index contributed by atoms with van der Waals surface area (Å²) in [6, 6.07) is 1.90. The van der Waals surface area contributed by atoms with E-state index in [4.69, 9.17) is 0 Å². The quantitative estimate of drug-likeness (QED) is 0.561. The molecular formula is C17H19F3O. The minimum Gasteiger partial charge on any atom is -0.294 e. The summed E-state index contributed by atoms with van der Waals surface area (Å²) in [7, 11) is 0. The highest BCUT2D eigenvalue weighted by atomic mass is 19.2. The number of hydrogen-bond donors (Lipinski definition) is 0. The first-order valence-electron chi connectivity index (χ1n) is 7.75. The van der Waals surface area contributed by atoms with Gasteiger partial charge in [0.15, 0.2) is 23.2 Å². The molecule has 0 amide bonds. The minimum absolute atomic E-state index is 0.247. The zero-order valence-corrected chi connectivity index (χ0v) is 11.9. The summed E-state index contributed by atoms with van der Waals surface area (Å²) in [5, 5.41) is 0. The van der Waals surface area contributed by atoms with E-state index in [1.807, 2.05) is 0 Å². The normalized spacial score (nSPS) is 29.0. The molecule has 114 valence electrons. The zero-order valence-electron chi connectivity index (χ0n) is 11.9. The fraction of sp³-hybridized carbons (Fsp3) is 0.588. The standard InChI is InChI=1S/C17H19F3O/c18-14-8-7-13(15(19)16(14)20)17(21)12-6-5-10-3-1-2-4-11(10)9-12/h7-8,10-12H,1-6,9H2. The average molecular weight is 296 g/mol. The van der Waals surface area contributed by atoms with Crippen LogP contribution in [0.15, 0.2) is 12.1 Å². The Morgan fingerprint density at radius 1 is 0.905 bits per heavy atom. The molecule has 0 radical (unpaired) electrons. The second kappa shape index (κ2) is 5.82. The van der Waals surface area contributed by atoms with Crippen molar-refractivity contribution in [2.45, 2.75) is 44.9 Å². The van der Waals surface area contributed by atoms with Crippen LogP contribution in [0, 0.1) is 35.2 Å². The van der Waals surface area contributed by atoms with Crippen molar-refractivity contribution in [3.8, 4) is 0 Å². The molecule has 1 aromatic carbocycles. The van der Waals surface area contributed by atoms with Crippen molar-refractivity contribution in [3.05, 3.63) is 35.1 Å². The monoisotopic (exact) mass is 296 g/mol. The Kier molecular flexibility index (Phi) is 4.05. The van der Waals surface area contributed by atoms with Gasteiger partial charge in [-0.3, -0.25) is 4.79 Å². The van der Waals surface area contributed by atoms with Gasteiger partial charge < -0.3 is 0 Å². The Morgan fingerprint density at radius 3 is 2.38 bits per heavy atom. The molecule has 4 heteroatoms. The van der Waals surface area contributed by atoms with Gasteiger partial charge in [-0.1, -0.05) is 25.7 Å². The van der Waals surface area contributed by atoms with Gasteiger partial charge in [-0.25, -0.2) is 13.2 Å². The third-order valence-electron chi connectivity index (χ3n) is 5.21. The van der Waals surface area contributed by atoms with E-state index >= 15 is 0 Å². The van der Waals surface area contributed by atoms with Crippen LogP contribution >= 0.6 is 0 Å². The highest BCUT2D eigenvalue weighted by molar-refractivity contribution is 5.98. The molecule has 0 bridgehead atoms. The number of carbonyl (C=O) groups is 1. The van der Waals surface area contributed by atoms with E-state index in [1.165, 1.54) is 19.3 Å². The number of Topliss-reactive ketones (excluding diaryl/α,β-unsaturated/α-hetero) is 1. The average Bonchev–Trinajstić information content (AvgIpc) is 2.52. The fourth-order valence-electron chi connectivity index (χ4n) is 4.05. The lowest BCUT2D eigenvalue weighted by atomic mass is 9.66. The van der Waals surface area contributed by atoms with Crippen LogP contribution in [-0.2, 0) is 0 Å². The summed E-state index contributed by atoms with van der Waals surface area (Å²) in [5.41, 5.74) is -0.298. The number of hydrogen-bond acceptors (Lipinski definition) is 1. The number of halogens is 3. The van der Waals surface area contributed by atoms with Gasteiger partial charge >= 0.3 is 0 Å². The molecule has 0 aromatic heterocycles. The minimum atomic E-state index is -1.55. The van der Waals surface area contributed by atoms with E-state index in [0.717, 1.165) is 37.8 Å². The maximum Gasteiger partial charge on any atom is 0.195 e. The van der Waals surface area contributed by atoms with Crippen molar-refractivity contribution < 1.29 is 18.0 Å². The van der Waals surface area contributed by atoms with Crippen LogP contribution in [0.4, 0.5) is 13.2 Å². The number of benzene rings is 1. The van der Waals surface area contributed by atoms with Crippen molar-refractivity contribution >= 4 is 5.78 Å². The smallest absolute Gasteiger partial charge is 0.195 e. The van der Waals surface area contributed by atoms with Gasteiger partial charge in [-0.05, 0) is 43.2 Å². The van der Waals surface area contributed by atoms with Gasteiger partial charge in [-0.15, -0.1) is 0 Å². The van der Waals surface area contributed by atoms with Crippen LogP contribution in [0.3, 0.4) is 0 Å². The van der Waals surface area contributed by atoms with E-state index in [1.54, 1.807) is 0 Å². The topological polar surface area (TPSA) is 17.1 Å². The second-order valence-corrected chi connectivity index (χ2v) is 6.40. The third kappa shape index (κ3) is 2.72. The molecule has 2 fully saturated rings. The molecule has 0 aliphatic heterocycles. The summed E-state index contributed by atoms with van der Waals surface area (Å²) in [5.74, 6) is -3.52. The maximum atomic E-state index is 13.8. The number of fused-ring (bicyclic) bond motifs is 1. The Bertz CT molecular complexity index is 555. The van der Waals surface area contributed by atoms with Crippen LogP contribution in [0.5, 0.6) is 0 Å². The Morgan fingerprint density at radius 2 is 1.62 bits per heavy atom. The fourth-order valence-corrected chi connectivity index (χ4v) is 4.05. The van der Waals surface area contributed by atoms with E-state index in [0.29, 0.717) is 11.8 Å². The Balaban J connectivity index is 1.78. The molecule has 2 aliphatic carbocycles. The van der Waals surface area contributed by atoms with Crippen LogP contribution in [0.25, 0.3) is 0 Å². The second-order valence-electron chi connectivity index (χ2n) is 6.40. The number of rotatable bonds is 2. The highest BCUT2D eigenvalue weighted by Crippen LogP contribution is 2.43. The molecule has 0 heterocycles. The molecule has 0 spiro atoms. The summed E-state index contributed by atoms with van der Waals surface area (Å²) >= 11 is 0. The van der Waals surface area contributed by atoms with Crippen LogP contribution in [0.2, 0.25) is 0 Å². The predicted octanol–water partition coefficient (Wildman–Crippen LogP) is 4.89. The summed E-state index contributed by atoms with van der Waals surface area (Å²) in [6.07, 6.45) is 7.31. The van der Waals surface area contributed by atoms with Gasteiger partial charge in [-0.2, -0.15) is 0 Å². The lowest BCUT2D eigenvalue weighted by Crippen LogP contribution is -2.31.